The van der Waals surface area contributed by atoms with E-state index in [9.17, 15) is 9.18 Å². The van der Waals surface area contributed by atoms with E-state index < -0.39 is 0 Å². The fourth-order valence-corrected chi connectivity index (χ4v) is 4.70. The molecule has 3 aliphatic rings. The Bertz CT molecular complexity index is 574. The van der Waals surface area contributed by atoms with Crippen molar-refractivity contribution in [3.05, 3.63) is 35.6 Å². The first-order valence-electron chi connectivity index (χ1n) is 9.02. The number of carbonyl (C=O) groups is 1. The number of amides is 1. The minimum atomic E-state index is -0.241. The van der Waals surface area contributed by atoms with Gasteiger partial charge in [0.25, 0.3) is 0 Å². The third-order valence-electron chi connectivity index (χ3n) is 6.08. The molecule has 23 heavy (non-hydrogen) atoms. The van der Waals surface area contributed by atoms with Crippen LogP contribution in [0.2, 0.25) is 0 Å². The number of likely N-dealkylation sites (tertiary alicyclic amines) is 2. The van der Waals surface area contributed by atoms with E-state index >= 15 is 0 Å². The molecule has 1 aromatic rings. The SMILES string of the molecule is O=C(N1CCC1c1ccc(F)cc1)C1(N2CCCC2)CCCC1. The van der Waals surface area contributed by atoms with Crippen LogP contribution in [0.25, 0.3) is 0 Å². The molecule has 1 unspecified atom stereocenters. The Balaban J connectivity index is 1.56. The Morgan fingerprint density at radius 2 is 1.65 bits per heavy atom. The average Bonchev–Trinajstić information content (AvgIpc) is 3.20. The Labute approximate surface area is 137 Å². The highest BCUT2D eigenvalue weighted by atomic mass is 19.1. The van der Waals surface area contributed by atoms with Crippen molar-refractivity contribution >= 4 is 5.91 Å². The highest BCUT2D eigenvalue weighted by Crippen LogP contribution is 2.43. The van der Waals surface area contributed by atoms with Gasteiger partial charge in [-0.1, -0.05) is 25.0 Å². The molecule has 0 aromatic heterocycles. The number of benzene rings is 1. The van der Waals surface area contributed by atoms with E-state index in [1.54, 1.807) is 0 Å². The van der Waals surface area contributed by atoms with Gasteiger partial charge in [-0.2, -0.15) is 0 Å². The van der Waals surface area contributed by atoms with Gasteiger partial charge in [0.1, 0.15) is 11.4 Å². The second-order valence-corrected chi connectivity index (χ2v) is 7.29. The maximum atomic E-state index is 13.4. The number of hydrogen-bond acceptors (Lipinski definition) is 2. The van der Waals surface area contributed by atoms with Crippen molar-refractivity contribution in [2.75, 3.05) is 19.6 Å². The van der Waals surface area contributed by atoms with Crippen LogP contribution in [0, 0.1) is 5.82 Å². The highest BCUT2D eigenvalue weighted by Gasteiger charge is 2.51. The number of hydrogen-bond donors (Lipinski definition) is 0. The monoisotopic (exact) mass is 316 g/mol. The summed E-state index contributed by atoms with van der Waals surface area (Å²) in [5, 5.41) is 0. The van der Waals surface area contributed by atoms with Gasteiger partial charge in [0.15, 0.2) is 0 Å². The van der Waals surface area contributed by atoms with E-state index in [1.807, 2.05) is 12.1 Å². The summed E-state index contributed by atoms with van der Waals surface area (Å²) in [4.78, 5) is 17.9. The summed E-state index contributed by atoms with van der Waals surface area (Å²) in [5.74, 6) is 0.118. The van der Waals surface area contributed by atoms with Crippen molar-refractivity contribution in [1.82, 2.24) is 9.80 Å². The molecule has 2 heterocycles. The topological polar surface area (TPSA) is 23.6 Å². The lowest BCUT2D eigenvalue weighted by molar-refractivity contribution is -0.152. The molecular weight excluding hydrogens is 291 g/mol. The lowest BCUT2D eigenvalue weighted by atomic mass is 9.87. The summed E-state index contributed by atoms with van der Waals surface area (Å²) in [5.41, 5.74) is 0.829. The van der Waals surface area contributed by atoms with Gasteiger partial charge in [0.05, 0.1) is 6.04 Å². The molecule has 1 saturated carbocycles. The van der Waals surface area contributed by atoms with Crippen LogP contribution < -0.4 is 0 Å². The highest BCUT2D eigenvalue weighted by molar-refractivity contribution is 5.88. The van der Waals surface area contributed by atoms with Crippen LogP contribution in [-0.2, 0) is 4.79 Å². The van der Waals surface area contributed by atoms with Gasteiger partial charge in [0, 0.05) is 6.54 Å². The van der Waals surface area contributed by atoms with E-state index in [0.29, 0.717) is 5.91 Å². The maximum Gasteiger partial charge on any atom is 0.243 e. The van der Waals surface area contributed by atoms with Crippen molar-refractivity contribution in [3.63, 3.8) is 0 Å². The first kappa shape index (κ1) is 15.1. The number of carbonyl (C=O) groups excluding carboxylic acids is 1. The molecule has 3 nitrogen and oxygen atoms in total. The lowest BCUT2D eigenvalue weighted by Crippen LogP contribution is -2.61. The van der Waals surface area contributed by atoms with Gasteiger partial charge in [-0.05, 0) is 62.9 Å². The molecule has 3 fully saturated rings. The zero-order valence-corrected chi connectivity index (χ0v) is 13.6. The fraction of sp³-hybridized carbons (Fsp3) is 0.632. The van der Waals surface area contributed by atoms with Gasteiger partial charge in [-0.3, -0.25) is 9.69 Å². The normalized spacial score (nSPS) is 27.2. The predicted molar refractivity (Wildman–Crippen MR) is 87.5 cm³/mol. The summed E-state index contributed by atoms with van der Waals surface area (Å²) in [6, 6.07) is 6.81. The van der Waals surface area contributed by atoms with Crippen LogP contribution in [0.3, 0.4) is 0 Å². The zero-order chi connectivity index (χ0) is 15.9. The van der Waals surface area contributed by atoms with Gasteiger partial charge in [0.2, 0.25) is 5.91 Å². The van der Waals surface area contributed by atoms with Crippen LogP contribution in [-0.4, -0.2) is 40.9 Å². The van der Waals surface area contributed by atoms with Gasteiger partial charge in [-0.15, -0.1) is 0 Å². The zero-order valence-electron chi connectivity index (χ0n) is 13.6. The molecule has 4 rings (SSSR count). The van der Waals surface area contributed by atoms with Gasteiger partial charge < -0.3 is 4.90 Å². The van der Waals surface area contributed by atoms with E-state index in [-0.39, 0.29) is 17.4 Å². The predicted octanol–water partition coefficient (Wildman–Crippen LogP) is 3.51. The quantitative estimate of drug-likeness (QED) is 0.852. The summed E-state index contributed by atoms with van der Waals surface area (Å²) in [6.45, 7) is 2.98. The van der Waals surface area contributed by atoms with Crippen LogP contribution in [0.4, 0.5) is 4.39 Å². The van der Waals surface area contributed by atoms with Crippen molar-refractivity contribution in [2.45, 2.75) is 56.5 Å². The molecule has 0 bridgehead atoms. The number of nitrogens with zero attached hydrogens (tertiary/aromatic N) is 2. The summed E-state index contributed by atoms with van der Waals surface area (Å²) < 4.78 is 13.2. The second kappa shape index (κ2) is 5.90. The summed E-state index contributed by atoms with van der Waals surface area (Å²) >= 11 is 0. The molecule has 1 aliphatic carbocycles. The minimum absolute atomic E-state index is 0.142. The Morgan fingerprint density at radius 1 is 1.00 bits per heavy atom. The number of rotatable bonds is 3. The molecule has 1 aromatic carbocycles. The Morgan fingerprint density at radius 3 is 2.22 bits per heavy atom. The first-order chi connectivity index (χ1) is 11.2. The lowest BCUT2D eigenvalue weighted by Gasteiger charge is -2.48. The van der Waals surface area contributed by atoms with Gasteiger partial charge in [-0.25, -0.2) is 4.39 Å². The van der Waals surface area contributed by atoms with Crippen molar-refractivity contribution < 1.29 is 9.18 Å². The molecule has 0 radical (unpaired) electrons. The second-order valence-electron chi connectivity index (χ2n) is 7.29. The number of halogens is 1. The van der Waals surface area contributed by atoms with E-state index in [4.69, 9.17) is 0 Å². The van der Waals surface area contributed by atoms with Crippen molar-refractivity contribution in [3.8, 4) is 0 Å². The Hall–Kier alpha value is -1.42. The average molecular weight is 316 g/mol. The van der Waals surface area contributed by atoms with E-state index in [2.05, 4.69) is 9.80 Å². The maximum absolute atomic E-state index is 13.4. The minimum Gasteiger partial charge on any atom is -0.334 e. The van der Waals surface area contributed by atoms with E-state index in [1.165, 1.54) is 25.0 Å². The fourth-order valence-electron chi connectivity index (χ4n) is 4.70. The molecule has 0 spiro atoms. The standard InChI is InChI=1S/C19H25FN2O/c20-16-7-5-15(6-8-16)17-9-14-22(17)18(23)19(10-1-2-11-19)21-12-3-4-13-21/h5-8,17H,1-4,9-14H2. The molecule has 0 N–H and O–H groups in total. The van der Waals surface area contributed by atoms with Crippen LogP contribution >= 0.6 is 0 Å². The molecule has 4 heteroatoms. The third-order valence-corrected chi connectivity index (χ3v) is 6.08. The van der Waals surface area contributed by atoms with Crippen molar-refractivity contribution in [2.24, 2.45) is 0 Å². The molecule has 1 atom stereocenters. The summed E-state index contributed by atoms with van der Waals surface area (Å²) in [7, 11) is 0. The molecular formula is C19H25FN2O. The molecule has 2 aliphatic heterocycles. The smallest absolute Gasteiger partial charge is 0.243 e. The van der Waals surface area contributed by atoms with Crippen LogP contribution in [0.15, 0.2) is 24.3 Å². The van der Waals surface area contributed by atoms with Crippen LogP contribution in [0.1, 0.15) is 56.6 Å². The summed E-state index contributed by atoms with van der Waals surface area (Å²) in [6.07, 6.45) is 7.78. The van der Waals surface area contributed by atoms with Gasteiger partial charge >= 0.3 is 0 Å². The molecule has 2 saturated heterocycles. The first-order valence-corrected chi connectivity index (χ1v) is 9.02. The third kappa shape index (κ3) is 2.47. The molecule has 1 amide bonds. The van der Waals surface area contributed by atoms with Crippen LogP contribution in [0.5, 0.6) is 0 Å². The Kier molecular flexibility index (Phi) is 3.88. The van der Waals surface area contributed by atoms with Crippen molar-refractivity contribution in [1.29, 1.82) is 0 Å². The van der Waals surface area contributed by atoms with E-state index in [0.717, 1.165) is 57.3 Å². The molecule has 124 valence electrons. The largest absolute Gasteiger partial charge is 0.334 e.